The van der Waals surface area contributed by atoms with Crippen molar-refractivity contribution in [3.05, 3.63) is 41.7 Å². The summed E-state index contributed by atoms with van der Waals surface area (Å²) in [6.07, 6.45) is -1.97. The molecular weight excluding hydrogens is 439 g/mol. The smallest absolute Gasteiger partial charge is 0.388 e. The van der Waals surface area contributed by atoms with Gasteiger partial charge in [0.25, 0.3) is 15.9 Å². The molecule has 0 radical (unpaired) electrons. The summed E-state index contributed by atoms with van der Waals surface area (Å²) in [5.74, 6) is -0.961. The summed E-state index contributed by atoms with van der Waals surface area (Å²) in [6.45, 7) is 2.06. The van der Waals surface area contributed by atoms with Crippen molar-refractivity contribution in [3.63, 3.8) is 0 Å². The molecule has 4 N–H and O–H groups in total. The first kappa shape index (κ1) is 22.9. The van der Waals surface area contributed by atoms with Crippen LogP contribution in [0.4, 0.5) is 24.7 Å². The van der Waals surface area contributed by atoms with E-state index in [1.165, 1.54) is 6.07 Å². The summed E-state index contributed by atoms with van der Waals surface area (Å²) in [7, 11) is -4.15. The second kappa shape index (κ2) is 8.05. The number of halogens is 3. The summed E-state index contributed by atoms with van der Waals surface area (Å²) in [5, 5.41) is 17.2. The van der Waals surface area contributed by atoms with Gasteiger partial charge in [0.1, 0.15) is 5.82 Å². The van der Waals surface area contributed by atoms with Crippen molar-refractivity contribution in [2.45, 2.75) is 36.6 Å². The fourth-order valence-electron chi connectivity index (χ4n) is 3.27. The Morgan fingerprint density at radius 2 is 2.03 bits per heavy atom. The number of nitrogens with zero attached hydrogens (tertiary/aromatic N) is 3. The lowest BCUT2D eigenvalue weighted by Gasteiger charge is -2.38. The number of rotatable bonds is 4. The molecule has 0 aliphatic carbocycles. The maximum Gasteiger partial charge on any atom is 0.417 e. The quantitative estimate of drug-likeness (QED) is 0.633. The van der Waals surface area contributed by atoms with Crippen molar-refractivity contribution >= 4 is 27.4 Å². The average Bonchev–Trinajstić information content (AvgIpc) is 2.65. The number of aromatic nitrogens is 2. The van der Waals surface area contributed by atoms with Crippen molar-refractivity contribution in [3.8, 4) is 0 Å². The third-order valence-electron chi connectivity index (χ3n) is 4.70. The van der Waals surface area contributed by atoms with E-state index in [0.29, 0.717) is 31.6 Å². The topological polar surface area (TPSA) is 139 Å². The molecule has 0 spiro atoms. The monoisotopic (exact) mass is 459 g/mol. The Bertz CT molecular complexity index is 1110. The Hall–Kier alpha value is -2.77. The van der Waals surface area contributed by atoms with Gasteiger partial charge in [0.15, 0.2) is 5.03 Å². The molecule has 1 aliphatic rings. The highest BCUT2D eigenvalue weighted by Gasteiger charge is 2.35. The minimum atomic E-state index is -4.73. The molecule has 31 heavy (non-hydrogen) atoms. The number of hydrogen-bond acceptors (Lipinski definition) is 7. The lowest BCUT2D eigenvalue weighted by atomic mass is 9.95. The lowest BCUT2D eigenvalue weighted by Crippen LogP contribution is -2.47. The normalized spacial score (nSPS) is 19.9. The summed E-state index contributed by atoms with van der Waals surface area (Å²) in [5.41, 5.74) is -2.61. The summed E-state index contributed by atoms with van der Waals surface area (Å²) in [4.78, 5) is 21.9. The molecule has 168 valence electrons. The number of carbonyl (C=O) groups excluding carboxylic acids is 1. The molecule has 1 saturated heterocycles. The molecule has 9 nitrogen and oxygen atoms in total. The first-order valence-electron chi connectivity index (χ1n) is 9.11. The number of nitrogens with two attached hydrogens (primary N) is 1. The molecule has 1 atom stereocenters. The van der Waals surface area contributed by atoms with E-state index in [2.05, 4.69) is 15.3 Å². The average molecular weight is 459 g/mol. The minimum Gasteiger partial charge on any atom is -0.388 e. The minimum absolute atomic E-state index is 0.0220. The van der Waals surface area contributed by atoms with Crippen molar-refractivity contribution in [1.82, 2.24) is 9.97 Å². The molecule has 0 unspecified atom stereocenters. The van der Waals surface area contributed by atoms with E-state index in [9.17, 15) is 31.5 Å². The number of sulfonamides is 1. The number of alkyl halides is 3. The number of β-amino-alcohol motifs (C(OH)–C–C–N with tert-alkyl or cyclic N) is 1. The number of amides is 1. The van der Waals surface area contributed by atoms with E-state index in [0.717, 1.165) is 12.3 Å². The molecule has 2 aromatic rings. The molecule has 1 amide bonds. The molecule has 3 heterocycles. The second-order valence-electron chi connectivity index (χ2n) is 7.50. The van der Waals surface area contributed by atoms with Gasteiger partial charge in [0, 0.05) is 37.2 Å². The van der Waals surface area contributed by atoms with E-state index in [4.69, 9.17) is 5.14 Å². The zero-order valence-electron chi connectivity index (χ0n) is 16.3. The Balaban J connectivity index is 2.00. The fourth-order valence-corrected chi connectivity index (χ4v) is 3.77. The van der Waals surface area contributed by atoms with Gasteiger partial charge in [-0.2, -0.15) is 13.2 Å². The van der Waals surface area contributed by atoms with Gasteiger partial charge in [0.05, 0.1) is 16.7 Å². The largest absolute Gasteiger partial charge is 0.417 e. The lowest BCUT2D eigenvalue weighted by molar-refractivity contribution is -0.137. The predicted octanol–water partition coefficient (Wildman–Crippen LogP) is 1.75. The van der Waals surface area contributed by atoms with Crippen molar-refractivity contribution in [2.24, 2.45) is 5.14 Å². The van der Waals surface area contributed by atoms with Gasteiger partial charge in [-0.3, -0.25) is 4.79 Å². The summed E-state index contributed by atoms with van der Waals surface area (Å²) >= 11 is 0. The highest BCUT2D eigenvalue weighted by molar-refractivity contribution is 7.89. The summed E-state index contributed by atoms with van der Waals surface area (Å²) in [6, 6.07) is 2.92. The number of aliphatic hydroxyl groups is 1. The molecule has 1 aliphatic heterocycles. The van der Waals surface area contributed by atoms with E-state index in [-0.39, 0.29) is 23.6 Å². The van der Waals surface area contributed by atoms with E-state index >= 15 is 0 Å². The maximum absolute atomic E-state index is 13.2. The van der Waals surface area contributed by atoms with Crippen LogP contribution >= 0.6 is 0 Å². The molecular formula is C18H20F3N5O4S. The number of carbonyl (C=O) groups is 1. The number of hydrogen-bond donors (Lipinski definition) is 3. The van der Waals surface area contributed by atoms with Gasteiger partial charge >= 0.3 is 6.18 Å². The summed E-state index contributed by atoms with van der Waals surface area (Å²) < 4.78 is 62.6. The van der Waals surface area contributed by atoms with Crippen LogP contribution in [0.5, 0.6) is 0 Å². The van der Waals surface area contributed by atoms with Crippen molar-refractivity contribution in [1.29, 1.82) is 0 Å². The van der Waals surface area contributed by atoms with E-state index < -0.39 is 38.3 Å². The molecule has 0 saturated carbocycles. The van der Waals surface area contributed by atoms with E-state index in [1.54, 1.807) is 11.8 Å². The second-order valence-corrected chi connectivity index (χ2v) is 9.01. The van der Waals surface area contributed by atoms with Gasteiger partial charge in [-0.15, -0.1) is 0 Å². The predicted molar refractivity (Wildman–Crippen MR) is 105 cm³/mol. The number of pyridine rings is 2. The molecule has 1 fully saturated rings. The van der Waals surface area contributed by atoms with Gasteiger partial charge in [-0.1, -0.05) is 0 Å². The Kier molecular flexibility index (Phi) is 5.95. The first-order chi connectivity index (χ1) is 14.3. The van der Waals surface area contributed by atoms with Gasteiger partial charge in [-0.25, -0.2) is 23.5 Å². The molecule has 0 bridgehead atoms. The van der Waals surface area contributed by atoms with Gasteiger partial charge < -0.3 is 15.3 Å². The van der Waals surface area contributed by atoms with Crippen LogP contribution in [0.15, 0.2) is 35.6 Å². The number of primary sulfonamides is 1. The Labute approximate surface area is 176 Å². The zero-order valence-corrected chi connectivity index (χ0v) is 17.2. The van der Waals surface area contributed by atoms with Crippen LogP contribution in [-0.2, 0) is 16.2 Å². The third-order valence-corrected chi connectivity index (χ3v) is 5.50. The molecule has 0 aromatic carbocycles. The van der Waals surface area contributed by atoms with Gasteiger partial charge in [-0.05, 0) is 31.9 Å². The van der Waals surface area contributed by atoms with Crippen LogP contribution < -0.4 is 15.4 Å². The van der Waals surface area contributed by atoms with Crippen LogP contribution in [0.25, 0.3) is 0 Å². The molecule has 2 aromatic heterocycles. The number of anilines is 2. The Morgan fingerprint density at radius 3 is 2.65 bits per heavy atom. The highest BCUT2D eigenvalue weighted by atomic mass is 32.2. The highest BCUT2D eigenvalue weighted by Crippen LogP contribution is 2.33. The Morgan fingerprint density at radius 1 is 1.32 bits per heavy atom. The van der Waals surface area contributed by atoms with Crippen molar-refractivity contribution in [2.75, 3.05) is 23.3 Å². The van der Waals surface area contributed by atoms with Crippen LogP contribution in [0.3, 0.4) is 0 Å². The molecule has 13 heteroatoms. The van der Waals surface area contributed by atoms with Crippen molar-refractivity contribution < 1.29 is 31.5 Å². The third kappa shape index (κ3) is 5.48. The number of piperidine rings is 1. The van der Waals surface area contributed by atoms with Crippen LogP contribution in [-0.4, -0.2) is 48.1 Å². The zero-order chi connectivity index (χ0) is 23.0. The van der Waals surface area contributed by atoms with E-state index in [1.807, 2.05) is 0 Å². The van der Waals surface area contributed by atoms with Gasteiger partial charge in [0.2, 0.25) is 0 Å². The van der Waals surface area contributed by atoms with Crippen LogP contribution in [0.2, 0.25) is 0 Å². The molecule has 3 rings (SSSR count). The maximum atomic E-state index is 13.2. The SMILES string of the molecule is C[C@]1(O)CCCN(c2ncc(C(F)(F)F)cc2C(=O)Nc2ccnc(S(N)(=O)=O)c2)C1. The standard InChI is InChI=1S/C18H20F3N5O4S/c1-17(28)4-2-6-26(10-17)15-13(7-11(9-24-15)18(19,20)21)16(27)25-12-3-5-23-14(8-12)31(22,29)30/h3,5,7-9,28H,2,4,6,10H2,1H3,(H2,22,29,30)(H,23,25,27)/t17-/m0/s1. The number of nitrogens with one attached hydrogen (secondary N) is 1. The van der Waals surface area contributed by atoms with Crippen LogP contribution in [0.1, 0.15) is 35.7 Å². The first-order valence-corrected chi connectivity index (χ1v) is 10.7. The fraction of sp³-hybridized carbons (Fsp3) is 0.389. The van der Waals surface area contributed by atoms with Crippen LogP contribution in [0, 0.1) is 0 Å².